The number of hydrogen-bond acceptors (Lipinski definition) is 7. The number of para-hydroxylation sites is 1. The van der Waals surface area contributed by atoms with Gasteiger partial charge in [0, 0.05) is 31.7 Å². The molecule has 40 heavy (non-hydrogen) atoms. The number of ether oxygens (including phenoxy) is 2. The zero-order chi connectivity index (χ0) is 28.2. The fourth-order valence-corrected chi connectivity index (χ4v) is 5.19. The first-order valence-electron chi connectivity index (χ1n) is 11.9. The Hall–Kier alpha value is -4.35. The van der Waals surface area contributed by atoms with E-state index in [4.69, 9.17) is 9.47 Å². The average molecular weight is 664 g/mol. The molecule has 0 saturated heterocycles. The lowest BCUT2D eigenvalue weighted by Crippen LogP contribution is -2.20. The number of hydrogen-bond donors (Lipinski definition) is 0. The van der Waals surface area contributed by atoms with Crippen molar-refractivity contribution in [2.75, 3.05) is 7.11 Å². The van der Waals surface area contributed by atoms with Crippen molar-refractivity contribution >= 4 is 54.7 Å². The van der Waals surface area contributed by atoms with E-state index in [1.54, 1.807) is 24.3 Å². The largest absolute Gasteiger partial charge is 0.493 e. The summed E-state index contributed by atoms with van der Waals surface area (Å²) in [7, 11) is 1.40. The second-order valence-electron chi connectivity index (χ2n) is 8.53. The first-order chi connectivity index (χ1) is 19.4. The van der Waals surface area contributed by atoms with Gasteiger partial charge in [0.05, 0.1) is 29.2 Å². The molecule has 11 heteroatoms. The SMILES string of the molecule is COc1cc(C=Nn2c(-c3ccccc3)nc3ccccc3c2=O)cc([N+](=O)[O-])c1OCc1ccc(Br)cc1Br. The van der Waals surface area contributed by atoms with Crippen LogP contribution in [0.3, 0.4) is 0 Å². The molecule has 0 aliphatic rings. The third-order valence-corrected chi connectivity index (χ3v) is 7.20. The predicted octanol–water partition coefficient (Wildman–Crippen LogP) is 6.97. The van der Waals surface area contributed by atoms with Gasteiger partial charge in [-0.2, -0.15) is 9.78 Å². The van der Waals surface area contributed by atoms with E-state index in [-0.39, 0.29) is 29.4 Å². The van der Waals surface area contributed by atoms with Crippen LogP contribution < -0.4 is 15.0 Å². The fraction of sp³-hybridized carbons (Fsp3) is 0.0690. The molecule has 1 heterocycles. The minimum absolute atomic E-state index is 0.0195. The summed E-state index contributed by atoms with van der Waals surface area (Å²) in [6, 6.07) is 24.6. The van der Waals surface area contributed by atoms with Gasteiger partial charge in [-0.1, -0.05) is 80.4 Å². The van der Waals surface area contributed by atoms with Crippen LogP contribution >= 0.6 is 31.9 Å². The summed E-state index contributed by atoms with van der Waals surface area (Å²) < 4.78 is 14.2. The molecule has 0 atom stereocenters. The molecule has 9 nitrogen and oxygen atoms in total. The molecule has 4 aromatic carbocycles. The maximum atomic E-state index is 13.4. The van der Waals surface area contributed by atoms with Crippen LogP contribution in [-0.2, 0) is 6.61 Å². The zero-order valence-corrected chi connectivity index (χ0v) is 24.1. The van der Waals surface area contributed by atoms with Gasteiger partial charge in [0.15, 0.2) is 11.6 Å². The summed E-state index contributed by atoms with van der Waals surface area (Å²) in [4.78, 5) is 29.6. The number of aromatic nitrogens is 2. The van der Waals surface area contributed by atoms with Crippen molar-refractivity contribution in [3.05, 3.63) is 125 Å². The van der Waals surface area contributed by atoms with Crippen molar-refractivity contribution in [1.82, 2.24) is 9.66 Å². The van der Waals surface area contributed by atoms with Crippen LogP contribution in [0, 0.1) is 10.1 Å². The highest BCUT2D eigenvalue weighted by Gasteiger charge is 2.23. The van der Waals surface area contributed by atoms with E-state index in [1.807, 2.05) is 54.6 Å². The number of rotatable bonds is 8. The normalized spacial score (nSPS) is 11.2. The van der Waals surface area contributed by atoms with Gasteiger partial charge >= 0.3 is 5.69 Å². The number of nitro groups is 1. The van der Waals surface area contributed by atoms with E-state index in [1.165, 1.54) is 24.1 Å². The number of nitro benzene ring substituents is 1. The van der Waals surface area contributed by atoms with E-state index in [9.17, 15) is 14.9 Å². The molecule has 0 spiro atoms. The molecule has 0 amide bonds. The smallest absolute Gasteiger partial charge is 0.315 e. The van der Waals surface area contributed by atoms with Crippen LogP contribution in [0.1, 0.15) is 11.1 Å². The summed E-state index contributed by atoms with van der Waals surface area (Å²) in [5.41, 5.74) is 1.67. The molecule has 1 aromatic heterocycles. The predicted molar refractivity (Wildman–Crippen MR) is 160 cm³/mol. The number of nitrogens with zero attached hydrogens (tertiary/aromatic N) is 4. The summed E-state index contributed by atoms with van der Waals surface area (Å²) in [6.07, 6.45) is 1.36. The minimum atomic E-state index is -0.551. The van der Waals surface area contributed by atoms with Crippen molar-refractivity contribution in [3.63, 3.8) is 0 Å². The minimum Gasteiger partial charge on any atom is -0.493 e. The molecule has 0 N–H and O–H groups in total. The topological polar surface area (TPSA) is 109 Å². The molecular weight excluding hydrogens is 644 g/mol. The van der Waals surface area contributed by atoms with E-state index >= 15 is 0 Å². The summed E-state index contributed by atoms with van der Waals surface area (Å²) in [5.74, 6) is 0.465. The maximum Gasteiger partial charge on any atom is 0.315 e. The van der Waals surface area contributed by atoms with E-state index in [0.29, 0.717) is 27.9 Å². The maximum absolute atomic E-state index is 13.4. The molecule has 0 saturated carbocycles. The lowest BCUT2D eigenvalue weighted by molar-refractivity contribution is -0.386. The van der Waals surface area contributed by atoms with E-state index < -0.39 is 4.92 Å². The molecule has 5 rings (SSSR count). The fourth-order valence-electron chi connectivity index (χ4n) is 4.03. The Labute approximate surface area is 245 Å². The van der Waals surface area contributed by atoms with Crippen LogP contribution in [0.2, 0.25) is 0 Å². The monoisotopic (exact) mass is 662 g/mol. The Bertz CT molecular complexity index is 1820. The molecule has 0 radical (unpaired) electrons. The highest BCUT2D eigenvalue weighted by molar-refractivity contribution is 9.11. The molecule has 0 fully saturated rings. The molecule has 0 bridgehead atoms. The molecule has 0 aliphatic carbocycles. The first-order valence-corrected chi connectivity index (χ1v) is 13.5. The van der Waals surface area contributed by atoms with Gasteiger partial charge in [0.2, 0.25) is 5.75 Å². The van der Waals surface area contributed by atoms with Crippen LogP contribution in [0.25, 0.3) is 22.3 Å². The van der Waals surface area contributed by atoms with Gasteiger partial charge in [0.25, 0.3) is 5.56 Å². The Morgan fingerprint density at radius 1 is 1.02 bits per heavy atom. The van der Waals surface area contributed by atoms with Crippen LogP contribution in [0.4, 0.5) is 5.69 Å². The highest BCUT2D eigenvalue weighted by atomic mass is 79.9. The van der Waals surface area contributed by atoms with Crippen molar-refractivity contribution in [3.8, 4) is 22.9 Å². The van der Waals surface area contributed by atoms with Gasteiger partial charge in [-0.3, -0.25) is 14.9 Å². The van der Waals surface area contributed by atoms with Crippen molar-refractivity contribution in [2.24, 2.45) is 5.10 Å². The summed E-state index contributed by atoms with van der Waals surface area (Å²) >= 11 is 6.88. The van der Waals surface area contributed by atoms with Crippen LogP contribution in [0.5, 0.6) is 11.5 Å². The van der Waals surface area contributed by atoms with Crippen molar-refractivity contribution in [1.29, 1.82) is 0 Å². The summed E-state index contributed by atoms with van der Waals surface area (Å²) in [5, 5.41) is 16.8. The second kappa shape index (κ2) is 11.8. The standard InChI is InChI=1S/C29H20Br2N4O5/c1-39-26-14-18(13-25(35(37)38)27(26)40-17-20-11-12-21(30)15-23(20)31)16-32-34-28(19-7-3-2-4-8-19)33-24-10-6-5-9-22(24)29(34)36/h2-16H,17H2,1H3. The van der Waals surface area contributed by atoms with Gasteiger partial charge in [0.1, 0.15) is 6.61 Å². The molecule has 5 aromatic rings. The lowest BCUT2D eigenvalue weighted by atomic mass is 10.1. The summed E-state index contributed by atoms with van der Waals surface area (Å²) in [6.45, 7) is 0.0666. The number of methoxy groups -OCH3 is 1. The van der Waals surface area contributed by atoms with Gasteiger partial charge in [-0.25, -0.2) is 4.98 Å². The molecular formula is C29H20Br2N4O5. The number of benzene rings is 4. The number of halogens is 2. The first kappa shape index (κ1) is 27.2. The third kappa shape index (κ3) is 5.65. The lowest BCUT2D eigenvalue weighted by Gasteiger charge is -2.13. The van der Waals surface area contributed by atoms with Crippen LogP contribution in [0.15, 0.2) is 104 Å². The molecule has 0 aliphatic heterocycles. The van der Waals surface area contributed by atoms with Crippen LogP contribution in [-0.4, -0.2) is 27.9 Å². The Kier molecular flexibility index (Phi) is 8.04. The average Bonchev–Trinajstić information content (AvgIpc) is 2.96. The third-order valence-electron chi connectivity index (χ3n) is 5.97. The van der Waals surface area contributed by atoms with Crippen molar-refractivity contribution < 1.29 is 14.4 Å². The Morgan fingerprint density at radius 3 is 2.50 bits per heavy atom. The van der Waals surface area contributed by atoms with E-state index in [2.05, 4.69) is 41.9 Å². The van der Waals surface area contributed by atoms with E-state index in [0.717, 1.165) is 14.5 Å². The Balaban J connectivity index is 1.56. The Morgan fingerprint density at radius 2 is 1.77 bits per heavy atom. The van der Waals surface area contributed by atoms with Gasteiger partial charge in [-0.15, -0.1) is 0 Å². The zero-order valence-electron chi connectivity index (χ0n) is 21.0. The molecule has 0 unspecified atom stereocenters. The quantitative estimate of drug-likeness (QED) is 0.101. The second-order valence-corrected chi connectivity index (χ2v) is 10.3. The molecule has 200 valence electrons. The van der Waals surface area contributed by atoms with Gasteiger partial charge < -0.3 is 9.47 Å². The van der Waals surface area contributed by atoms with Gasteiger partial charge in [-0.05, 0) is 30.3 Å². The highest BCUT2D eigenvalue weighted by Crippen LogP contribution is 2.39. The van der Waals surface area contributed by atoms with Crippen molar-refractivity contribution in [2.45, 2.75) is 6.61 Å². The number of fused-ring (bicyclic) bond motifs is 1.